The number of para-hydroxylation sites is 1. The minimum absolute atomic E-state index is 0.0336. The van der Waals surface area contributed by atoms with Crippen LogP contribution in [0.1, 0.15) is 34.1 Å². The van der Waals surface area contributed by atoms with Crippen molar-refractivity contribution in [3.05, 3.63) is 101 Å². The summed E-state index contributed by atoms with van der Waals surface area (Å²) >= 11 is 0. The summed E-state index contributed by atoms with van der Waals surface area (Å²) in [6.45, 7) is 2.75. The molecular formula is C28H26N4O2. The number of carbonyl (C=O) groups excluding carboxylic acids is 1. The van der Waals surface area contributed by atoms with Crippen LogP contribution in [0, 0.1) is 6.92 Å². The molecule has 0 bridgehead atoms. The summed E-state index contributed by atoms with van der Waals surface area (Å²) in [6.07, 6.45) is 2.17. The van der Waals surface area contributed by atoms with Crippen LogP contribution in [-0.4, -0.2) is 40.2 Å². The highest BCUT2D eigenvalue weighted by molar-refractivity contribution is 5.90. The molecule has 0 unspecified atom stereocenters. The molecule has 6 nitrogen and oxygen atoms in total. The first kappa shape index (κ1) is 20.7. The lowest BCUT2D eigenvalue weighted by molar-refractivity contribution is -0.130. The third-order valence-corrected chi connectivity index (χ3v) is 6.92. The Morgan fingerprint density at radius 3 is 2.56 bits per heavy atom. The number of H-pyrrole nitrogens is 1. The van der Waals surface area contributed by atoms with E-state index in [4.69, 9.17) is 9.84 Å². The standard InChI is InChI=1S/C28H26N4O2/c1-18-7-11-20(12-8-18)27-31-17-25-23(22-5-3-4-6-24(22)30-25)15-26(31)28(33)32(27)29-16-19-9-13-21(34-2)14-10-19/h3-14,16,26-27,30H,15,17H2,1-2H3/b29-16-/t26-,27+/m0/s1. The van der Waals surface area contributed by atoms with Crippen LogP contribution in [0.3, 0.4) is 0 Å². The molecule has 6 rings (SSSR count). The maximum atomic E-state index is 13.7. The molecule has 3 heterocycles. The third-order valence-electron chi connectivity index (χ3n) is 6.92. The van der Waals surface area contributed by atoms with E-state index in [-0.39, 0.29) is 18.1 Å². The molecule has 170 valence electrons. The Kier molecular flexibility index (Phi) is 4.96. The van der Waals surface area contributed by atoms with Crippen molar-refractivity contribution in [1.29, 1.82) is 0 Å². The number of fused-ring (bicyclic) bond motifs is 4. The summed E-state index contributed by atoms with van der Waals surface area (Å²) in [5.41, 5.74) is 6.72. The molecule has 2 aliphatic heterocycles. The average molecular weight is 451 g/mol. The smallest absolute Gasteiger partial charge is 0.262 e. The van der Waals surface area contributed by atoms with E-state index in [9.17, 15) is 4.79 Å². The molecule has 1 N–H and O–H groups in total. The number of nitrogens with zero attached hydrogens (tertiary/aromatic N) is 3. The molecule has 2 atom stereocenters. The quantitative estimate of drug-likeness (QED) is 0.455. The molecule has 1 fully saturated rings. The van der Waals surface area contributed by atoms with Gasteiger partial charge in [0.2, 0.25) is 0 Å². The molecule has 34 heavy (non-hydrogen) atoms. The van der Waals surface area contributed by atoms with Crippen LogP contribution in [0.5, 0.6) is 5.75 Å². The zero-order valence-corrected chi connectivity index (χ0v) is 19.2. The van der Waals surface area contributed by atoms with Gasteiger partial charge in [0.05, 0.1) is 19.4 Å². The van der Waals surface area contributed by atoms with E-state index in [1.165, 1.54) is 22.2 Å². The fourth-order valence-corrected chi connectivity index (χ4v) is 5.14. The van der Waals surface area contributed by atoms with E-state index in [1.54, 1.807) is 18.3 Å². The van der Waals surface area contributed by atoms with E-state index in [1.807, 2.05) is 30.3 Å². The Labute approximate surface area is 198 Å². The fourth-order valence-electron chi connectivity index (χ4n) is 5.14. The molecule has 1 amide bonds. The number of aromatic amines is 1. The van der Waals surface area contributed by atoms with Crippen molar-refractivity contribution in [1.82, 2.24) is 14.9 Å². The number of nitrogens with one attached hydrogen (secondary N) is 1. The Morgan fingerprint density at radius 2 is 1.79 bits per heavy atom. The minimum Gasteiger partial charge on any atom is -0.497 e. The van der Waals surface area contributed by atoms with E-state index in [0.29, 0.717) is 13.0 Å². The van der Waals surface area contributed by atoms with Crippen LogP contribution in [0.2, 0.25) is 0 Å². The largest absolute Gasteiger partial charge is 0.497 e. The number of carbonyl (C=O) groups is 1. The van der Waals surface area contributed by atoms with Crippen molar-refractivity contribution in [2.45, 2.75) is 32.1 Å². The first-order valence-corrected chi connectivity index (χ1v) is 11.5. The second kappa shape index (κ2) is 8.15. The number of hydrogen-bond donors (Lipinski definition) is 1. The van der Waals surface area contributed by atoms with Crippen molar-refractivity contribution in [3.8, 4) is 5.75 Å². The number of hydrogen-bond acceptors (Lipinski definition) is 4. The summed E-state index contributed by atoms with van der Waals surface area (Å²) < 4.78 is 5.25. The monoisotopic (exact) mass is 450 g/mol. The molecular weight excluding hydrogens is 424 g/mol. The van der Waals surface area contributed by atoms with E-state index < -0.39 is 0 Å². The van der Waals surface area contributed by atoms with Gasteiger partial charge in [-0.3, -0.25) is 9.69 Å². The highest BCUT2D eigenvalue weighted by Gasteiger charge is 2.49. The first-order valence-electron chi connectivity index (χ1n) is 11.5. The lowest BCUT2D eigenvalue weighted by atomic mass is 9.96. The van der Waals surface area contributed by atoms with Gasteiger partial charge >= 0.3 is 0 Å². The van der Waals surface area contributed by atoms with Gasteiger partial charge in [-0.2, -0.15) is 5.10 Å². The SMILES string of the molecule is COc1ccc(/C=N\N2C(=O)[C@@H]3Cc4c([nH]c5ccccc45)CN3[C@H]2c2ccc(C)cc2)cc1. The molecule has 3 aromatic carbocycles. The normalized spacial score (nSPS) is 20.2. The van der Waals surface area contributed by atoms with Gasteiger partial charge in [0.25, 0.3) is 5.91 Å². The Hall–Kier alpha value is -3.90. The molecule has 1 aromatic heterocycles. The molecule has 0 radical (unpaired) electrons. The number of hydrazone groups is 1. The highest BCUT2D eigenvalue weighted by Crippen LogP contribution is 2.42. The number of rotatable bonds is 4. The first-order chi connectivity index (χ1) is 16.6. The average Bonchev–Trinajstić information content (AvgIpc) is 3.36. The van der Waals surface area contributed by atoms with Crippen LogP contribution >= 0.6 is 0 Å². The second-order valence-corrected chi connectivity index (χ2v) is 9.00. The van der Waals surface area contributed by atoms with Crippen molar-refractivity contribution in [3.63, 3.8) is 0 Å². The summed E-state index contributed by atoms with van der Waals surface area (Å²) in [6, 6.07) is 24.2. The second-order valence-electron chi connectivity index (χ2n) is 9.00. The Bertz CT molecular complexity index is 1390. The summed E-state index contributed by atoms with van der Waals surface area (Å²) in [5.74, 6) is 0.823. The highest BCUT2D eigenvalue weighted by atomic mass is 16.5. The zero-order chi connectivity index (χ0) is 23.2. The maximum absolute atomic E-state index is 13.7. The number of methoxy groups -OCH3 is 1. The van der Waals surface area contributed by atoms with Crippen LogP contribution in [0.4, 0.5) is 0 Å². The number of aryl methyl sites for hydroxylation is 1. The van der Waals surface area contributed by atoms with Gasteiger partial charge in [0.15, 0.2) is 0 Å². The van der Waals surface area contributed by atoms with Gasteiger partial charge < -0.3 is 9.72 Å². The molecule has 0 spiro atoms. The summed E-state index contributed by atoms with van der Waals surface area (Å²) in [4.78, 5) is 19.6. The van der Waals surface area contributed by atoms with E-state index >= 15 is 0 Å². The topological polar surface area (TPSA) is 60.9 Å². The van der Waals surface area contributed by atoms with Crippen molar-refractivity contribution in [2.75, 3.05) is 7.11 Å². The minimum atomic E-state index is -0.257. The molecule has 0 aliphatic carbocycles. The molecule has 4 aromatic rings. The van der Waals surface area contributed by atoms with Gasteiger partial charge in [-0.25, -0.2) is 5.01 Å². The van der Waals surface area contributed by atoms with Crippen LogP contribution in [-0.2, 0) is 17.8 Å². The van der Waals surface area contributed by atoms with E-state index in [0.717, 1.165) is 22.4 Å². The summed E-state index contributed by atoms with van der Waals surface area (Å²) in [5, 5.41) is 7.58. The number of aromatic nitrogens is 1. The predicted octanol–water partition coefficient (Wildman–Crippen LogP) is 4.79. The van der Waals surface area contributed by atoms with Crippen molar-refractivity contribution in [2.24, 2.45) is 5.10 Å². The van der Waals surface area contributed by atoms with Gasteiger partial charge in [-0.1, -0.05) is 48.0 Å². The van der Waals surface area contributed by atoms with Gasteiger partial charge in [0, 0.05) is 23.1 Å². The number of ether oxygens (including phenoxy) is 1. The number of amides is 1. The Morgan fingerprint density at radius 1 is 1.03 bits per heavy atom. The Balaban J connectivity index is 1.39. The lowest BCUT2D eigenvalue weighted by Crippen LogP contribution is -2.39. The molecule has 0 saturated carbocycles. The van der Waals surface area contributed by atoms with Crippen LogP contribution < -0.4 is 4.74 Å². The van der Waals surface area contributed by atoms with Crippen molar-refractivity contribution < 1.29 is 9.53 Å². The predicted molar refractivity (Wildman–Crippen MR) is 133 cm³/mol. The van der Waals surface area contributed by atoms with Gasteiger partial charge in [-0.05, 0) is 60.4 Å². The van der Waals surface area contributed by atoms with Gasteiger partial charge in [0.1, 0.15) is 11.9 Å². The molecule has 1 saturated heterocycles. The van der Waals surface area contributed by atoms with Crippen molar-refractivity contribution >= 4 is 23.0 Å². The zero-order valence-electron chi connectivity index (χ0n) is 19.2. The molecule has 2 aliphatic rings. The number of benzene rings is 3. The van der Waals surface area contributed by atoms with E-state index in [2.05, 4.69) is 59.3 Å². The molecule has 6 heteroatoms. The van der Waals surface area contributed by atoms with Crippen LogP contribution in [0.25, 0.3) is 10.9 Å². The summed E-state index contributed by atoms with van der Waals surface area (Å²) in [7, 11) is 1.65. The van der Waals surface area contributed by atoms with Gasteiger partial charge in [-0.15, -0.1) is 0 Å². The van der Waals surface area contributed by atoms with Crippen LogP contribution in [0.15, 0.2) is 77.9 Å². The third kappa shape index (κ3) is 3.38. The maximum Gasteiger partial charge on any atom is 0.262 e. The fraction of sp³-hybridized carbons (Fsp3) is 0.214. The lowest BCUT2D eigenvalue weighted by Gasteiger charge is -2.32.